The van der Waals surface area contributed by atoms with Crippen LogP contribution in [0.1, 0.15) is 11.7 Å². The summed E-state index contributed by atoms with van der Waals surface area (Å²) in [4.78, 5) is 3.86. The summed E-state index contributed by atoms with van der Waals surface area (Å²) in [6.45, 7) is 1.78. The molecule has 0 atom stereocenters. The molecule has 0 unspecified atom stereocenters. The van der Waals surface area contributed by atoms with Crippen LogP contribution in [0.5, 0.6) is 0 Å². The van der Waals surface area contributed by atoms with Crippen molar-refractivity contribution in [3.63, 3.8) is 0 Å². The van der Waals surface area contributed by atoms with E-state index in [1.165, 1.54) is 0 Å². The van der Waals surface area contributed by atoms with Gasteiger partial charge >= 0.3 is 0 Å². The zero-order valence-corrected chi connectivity index (χ0v) is 5.16. The Bertz CT molecular complexity index is 185. The van der Waals surface area contributed by atoms with Gasteiger partial charge in [0.15, 0.2) is 5.82 Å². The predicted molar refractivity (Wildman–Crippen MR) is 29.8 cm³/mol. The highest BCUT2D eigenvalue weighted by molar-refractivity contribution is 4.82. The number of hydrogen-bond donors (Lipinski definition) is 1. The summed E-state index contributed by atoms with van der Waals surface area (Å²) in [5, 5.41) is 12.0. The molecule has 1 aromatic rings. The molecule has 0 spiro atoms. The van der Waals surface area contributed by atoms with E-state index in [9.17, 15) is 0 Å². The lowest BCUT2D eigenvalue weighted by Gasteiger charge is -1.81. The van der Waals surface area contributed by atoms with Crippen LogP contribution in [0.4, 0.5) is 0 Å². The van der Waals surface area contributed by atoms with Crippen LogP contribution >= 0.6 is 0 Å². The topological polar surface area (TPSA) is 59.2 Å². The molecular formula is C5H8N2O2. The van der Waals surface area contributed by atoms with Gasteiger partial charge in [0.2, 0.25) is 5.89 Å². The Balaban J connectivity index is 2.61. The minimum absolute atomic E-state index is 0.0684. The molecule has 0 saturated heterocycles. The van der Waals surface area contributed by atoms with Crippen molar-refractivity contribution >= 4 is 0 Å². The van der Waals surface area contributed by atoms with Gasteiger partial charge in [-0.25, -0.2) is 0 Å². The molecule has 0 aliphatic heterocycles. The average Bonchev–Trinajstić information content (AvgIpc) is 2.17. The molecule has 1 heterocycles. The van der Waals surface area contributed by atoms with Gasteiger partial charge in [0, 0.05) is 13.3 Å². The molecule has 9 heavy (non-hydrogen) atoms. The van der Waals surface area contributed by atoms with Crippen LogP contribution in [-0.2, 0) is 6.42 Å². The lowest BCUT2D eigenvalue weighted by atomic mass is 10.4. The highest BCUT2D eigenvalue weighted by Gasteiger charge is 1.98. The van der Waals surface area contributed by atoms with E-state index in [0.717, 1.165) is 0 Å². The summed E-state index contributed by atoms with van der Waals surface area (Å²) in [5.74, 6) is 1.11. The van der Waals surface area contributed by atoms with Crippen LogP contribution < -0.4 is 0 Å². The third kappa shape index (κ3) is 1.50. The van der Waals surface area contributed by atoms with Crippen LogP contribution in [-0.4, -0.2) is 21.9 Å². The highest BCUT2D eigenvalue weighted by atomic mass is 16.5. The Morgan fingerprint density at radius 2 is 2.44 bits per heavy atom. The molecule has 4 nitrogen and oxygen atoms in total. The van der Waals surface area contributed by atoms with Gasteiger partial charge in [-0.05, 0) is 0 Å². The quantitative estimate of drug-likeness (QED) is 0.604. The third-order valence-electron chi connectivity index (χ3n) is 0.905. The maximum Gasteiger partial charge on any atom is 0.223 e. The molecule has 0 amide bonds. The minimum atomic E-state index is 0.0684. The smallest absolute Gasteiger partial charge is 0.223 e. The zero-order valence-electron chi connectivity index (χ0n) is 5.16. The average molecular weight is 128 g/mol. The lowest BCUT2D eigenvalue weighted by molar-refractivity contribution is 0.293. The molecule has 1 rings (SSSR count). The van der Waals surface area contributed by atoms with Crippen molar-refractivity contribution in [3.8, 4) is 0 Å². The molecule has 1 N–H and O–H groups in total. The van der Waals surface area contributed by atoms with Crippen LogP contribution in [0.15, 0.2) is 4.52 Å². The predicted octanol–water partition coefficient (Wildman–Crippen LogP) is -0.0872. The summed E-state index contributed by atoms with van der Waals surface area (Å²) in [6.07, 6.45) is 0.470. The summed E-state index contributed by atoms with van der Waals surface area (Å²) in [6, 6.07) is 0. The molecule has 1 aromatic heterocycles. The SMILES string of the molecule is Cc1nc(CCO)no1. The van der Waals surface area contributed by atoms with Crippen molar-refractivity contribution in [3.05, 3.63) is 11.7 Å². The fourth-order valence-electron chi connectivity index (χ4n) is 0.543. The van der Waals surface area contributed by atoms with E-state index in [0.29, 0.717) is 18.1 Å². The van der Waals surface area contributed by atoms with Gasteiger partial charge in [-0.15, -0.1) is 0 Å². The first-order valence-corrected chi connectivity index (χ1v) is 2.73. The second kappa shape index (κ2) is 2.59. The number of aromatic nitrogens is 2. The maximum absolute atomic E-state index is 8.41. The van der Waals surface area contributed by atoms with Crippen molar-refractivity contribution in [2.24, 2.45) is 0 Å². The van der Waals surface area contributed by atoms with Gasteiger partial charge in [-0.1, -0.05) is 5.16 Å². The number of aliphatic hydroxyl groups is 1. The fourth-order valence-corrected chi connectivity index (χ4v) is 0.543. The van der Waals surface area contributed by atoms with Gasteiger partial charge < -0.3 is 9.63 Å². The van der Waals surface area contributed by atoms with E-state index in [-0.39, 0.29) is 6.61 Å². The first-order valence-electron chi connectivity index (χ1n) is 2.73. The highest BCUT2D eigenvalue weighted by Crippen LogP contribution is 1.93. The second-order valence-electron chi connectivity index (χ2n) is 1.70. The monoisotopic (exact) mass is 128 g/mol. The van der Waals surface area contributed by atoms with E-state index in [1.54, 1.807) is 6.92 Å². The molecule has 0 radical (unpaired) electrons. The van der Waals surface area contributed by atoms with Gasteiger partial charge in [-0.3, -0.25) is 0 Å². The van der Waals surface area contributed by atoms with E-state index < -0.39 is 0 Å². The third-order valence-corrected chi connectivity index (χ3v) is 0.905. The van der Waals surface area contributed by atoms with E-state index in [1.807, 2.05) is 0 Å². The van der Waals surface area contributed by atoms with Crippen molar-refractivity contribution in [2.75, 3.05) is 6.61 Å². The number of rotatable bonds is 2. The van der Waals surface area contributed by atoms with Crippen LogP contribution in [0, 0.1) is 6.92 Å². The Morgan fingerprint density at radius 1 is 1.67 bits per heavy atom. The van der Waals surface area contributed by atoms with E-state index in [2.05, 4.69) is 14.7 Å². The van der Waals surface area contributed by atoms with Crippen LogP contribution in [0.25, 0.3) is 0 Å². The van der Waals surface area contributed by atoms with Crippen LogP contribution in [0.3, 0.4) is 0 Å². The lowest BCUT2D eigenvalue weighted by Crippen LogP contribution is -1.92. The Labute approximate surface area is 52.5 Å². The van der Waals surface area contributed by atoms with Gasteiger partial charge in [0.25, 0.3) is 0 Å². The number of aryl methyl sites for hydroxylation is 1. The summed E-state index contributed by atoms with van der Waals surface area (Å²) in [7, 11) is 0. The second-order valence-corrected chi connectivity index (χ2v) is 1.70. The summed E-state index contributed by atoms with van der Waals surface area (Å²) < 4.78 is 4.64. The molecule has 0 aliphatic carbocycles. The van der Waals surface area contributed by atoms with Crippen LogP contribution in [0.2, 0.25) is 0 Å². The molecule has 0 fully saturated rings. The number of aliphatic hydroxyl groups excluding tert-OH is 1. The first kappa shape index (κ1) is 6.22. The van der Waals surface area contributed by atoms with Crippen molar-refractivity contribution in [1.29, 1.82) is 0 Å². The normalized spacial score (nSPS) is 10.0. The maximum atomic E-state index is 8.41. The van der Waals surface area contributed by atoms with Gasteiger partial charge in [-0.2, -0.15) is 4.98 Å². The minimum Gasteiger partial charge on any atom is -0.396 e. The van der Waals surface area contributed by atoms with Crippen molar-refractivity contribution < 1.29 is 9.63 Å². The first-order chi connectivity index (χ1) is 4.33. The Hall–Kier alpha value is -0.900. The molecule has 0 aliphatic rings. The Kier molecular flexibility index (Phi) is 1.79. The number of nitrogens with zero attached hydrogens (tertiary/aromatic N) is 2. The largest absolute Gasteiger partial charge is 0.396 e. The standard InChI is InChI=1S/C5H8N2O2/c1-4-6-5(2-3-8)7-9-4/h8H,2-3H2,1H3. The van der Waals surface area contributed by atoms with Gasteiger partial charge in [0.1, 0.15) is 0 Å². The molecule has 50 valence electrons. The van der Waals surface area contributed by atoms with Crippen molar-refractivity contribution in [1.82, 2.24) is 10.1 Å². The molecule has 0 saturated carbocycles. The van der Waals surface area contributed by atoms with Gasteiger partial charge in [0.05, 0.1) is 6.61 Å². The van der Waals surface area contributed by atoms with E-state index in [4.69, 9.17) is 5.11 Å². The van der Waals surface area contributed by atoms with Crippen molar-refractivity contribution in [2.45, 2.75) is 13.3 Å². The zero-order chi connectivity index (χ0) is 6.69. The molecular weight excluding hydrogens is 120 g/mol. The Morgan fingerprint density at radius 3 is 2.89 bits per heavy atom. The molecule has 0 aromatic carbocycles. The fraction of sp³-hybridized carbons (Fsp3) is 0.600. The molecule has 4 heteroatoms. The number of hydrogen-bond acceptors (Lipinski definition) is 4. The van der Waals surface area contributed by atoms with E-state index >= 15 is 0 Å². The summed E-state index contributed by atoms with van der Waals surface area (Å²) in [5.41, 5.74) is 0. The molecule has 0 bridgehead atoms. The summed E-state index contributed by atoms with van der Waals surface area (Å²) >= 11 is 0.